The van der Waals surface area contributed by atoms with Crippen LogP contribution in [0.5, 0.6) is 0 Å². The molecule has 0 unspecified atom stereocenters. The molecule has 0 amide bonds. The molecule has 0 saturated carbocycles. The van der Waals surface area contributed by atoms with Crippen LogP contribution in [-0.4, -0.2) is 4.57 Å². The van der Waals surface area contributed by atoms with Crippen LogP contribution >= 0.6 is 10.0 Å². The molecule has 0 N–H and O–H groups in total. The van der Waals surface area contributed by atoms with Gasteiger partial charge in [0.15, 0.2) is 0 Å². The molecule has 0 radical (unpaired) electrons. The molecule has 6 aromatic carbocycles. The van der Waals surface area contributed by atoms with Gasteiger partial charge in [0.25, 0.3) is 5.56 Å². The average molecular weight is 534 g/mol. The first kappa shape index (κ1) is 24.2. The topological polar surface area (TPSA) is 22.0 Å². The van der Waals surface area contributed by atoms with Gasteiger partial charge in [0.2, 0.25) is 0 Å². The van der Waals surface area contributed by atoms with Crippen LogP contribution in [0.25, 0.3) is 27.4 Å². The van der Waals surface area contributed by atoms with E-state index >= 15 is 0 Å². The summed E-state index contributed by atoms with van der Waals surface area (Å²) in [7, 11) is -1.85. The zero-order valence-electron chi connectivity index (χ0n) is 21.9. The van der Waals surface area contributed by atoms with Crippen molar-refractivity contribution in [3.05, 3.63) is 174 Å². The van der Waals surface area contributed by atoms with Crippen LogP contribution in [0, 0.1) is 0 Å². The van der Waals surface area contributed by atoms with Gasteiger partial charge in [-0.1, -0.05) is 91.0 Å². The van der Waals surface area contributed by atoms with E-state index in [4.69, 9.17) is 0 Å². The third-order valence-electron chi connectivity index (χ3n) is 7.52. The number of benzene rings is 6. The van der Waals surface area contributed by atoms with Gasteiger partial charge in [-0.15, -0.1) is 10.0 Å². The normalized spacial score (nSPS) is 12.0. The molecule has 2 nitrogen and oxygen atoms in total. The Labute approximate surface area is 235 Å². The summed E-state index contributed by atoms with van der Waals surface area (Å²) >= 11 is 0. The Bertz CT molecular complexity index is 1900. The molecule has 0 fully saturated rings. The first-order valence-corrected chi connectivity index (χ1v) is 15.0. The maximum Gasteiger partial charge on any atom is 0.263 e. The van der Waals surface area contributed by atoms with E-state index in [0.717, 1.165) is 27.4 Å². The van der Waals surface area contributed by atoms with Gasteiger partial charge in [0.05, 0.1) is 5.52 Å². The van der Waals surface area contributed by atoms with Gasteiger partial charge in [-0.25, -0.2) is 0 Å². The quantitative estimate of drug-likeness (QED) is 0.202. The molecule has 192 valence electrons. The van der Waals surface area contributed by atoms with Crippen molar-refractivity contribution in [3.8, 4) is 5.69 Å². The molecule has 0 aliphatic carbocycles. The minimum atomic E-state index is -1.85. The van der Waals surface area contributed by atoms with E-state index in [9.17, 15) is 4.79 Å². The van der Waals surface area contributed by atoms with E-state index < -0.39 is 10.0 Å². The molecular formula is C37H27NOS. The van der Waals surface area contributed by atoms with Crippen molar-refractivity contribution in [2.24, 2.45) is 0 Å². The zero-order valence-corrected chi connectivity index (χ0v) is 22.7. The molecule has 0 spiro atoms. The highest BCUT2D eigenvalue weighted by molar-refractivity contribution is 8.34. The van der Waals surface area contributed by atoms with Gasteiger partial charge < -0.3 is 0 Å². The number of fused-ring (bicyclic) bond motifs is 3. The fraction of sp³-hybridized carbons (Fsp3) is 0. The van der Waals surface area contributed by atoms with Crippen LogP contribution in [0.3, 0.4) is 0 Å². The van der Waals surface area contributed by atoms with Gasteiger partial charge >= 0.3 is 0 Å². The van der Waals surface area contributed by atoms with Crippen LogP contribution in [0.4, 0.5) is 0 Å². The van der Waals surface area contributed by atoms with E-state index in [1.807, 2.05) is 53.1 Å². The van der Waals surface area contributed by atoms with E-state index in [2.05, 4.69) is 115 Å². The number of pyridine rings is 1. The molecule has 1 aromatic heterocycles. The van der Waals surface area contributed by atoms with Gasteiger partial charge in [-0.3, -0.25) is 9.36 Å². The number of hydrogen-bond donors (Lipinski definition) is 0. The predicted molar refractivity (Wildman–Crippen MR) is 167 cm³/mol. The smallest absolute Gasteiger partial charge is 0.263 e. The summed E-state index contributed by atoms with van der Waals surface area (Å²) in [5.74, 6) is 0. The Balaban J connectivity index is 1.65. The fourth-order valence-electron chi connectivity index (χ4n) is 5.77. The highest BCUT2D eigenvalue weighted by atomic mass is 32.3. The molecule has 40 heavy (non-hydrogen) atoms. The van der Waals surface area contributed by atoms with Crippen molar-refractivity contribution in [3.63, 3.8) is 0 Å². The van der Waals surface area contributed by atoms with E-state index in [-0.39, 0.29) is 5.56 Å². The largest absolute Gasteiger partial charge is 0.276 e. The van der Waals surface area contributed by atoms with Gasteiger partial charge in [0.1, 0.15) is 0 Å². The standard InChI is InChI=1S/C37H27NOS/c39-37-34-24-14-13-23-33(34)35-27-32(25-26-36(35)38(37)28-15-5-1-6-16-28)40(29-17-7-2-8-18-29,30-19-9-3-10-20-30)31-21-11-4-12-22-31/h1-27H. The lowest BCUT2D eigenvalue weighted by atomic mass is 10.1. The summed E-state index contributed by atoms with van der Waals surface area (Å²) in [6, 6.07) is 57.2. The Morgan fingerprint density at radius 1 is 0.400 bits per heavy atom. The minimum Gasteiger partial charge on any atom is -0.276 e. The van der Waals surface area contributed by atoms with Crippen LogP contribution in [-0.2, 0) is 0 Å². The zero-order chi connectivity index (χ0) is 26.9. The summed E-state index contributed by atoms with van der Waals surface area (Å²) in [5.41, 5.74) is 1.76. The number of nitrogens with zero attached hydrogens (tertiary/aromatic N) is 1. The lowest BCUT2D eigenvalue weighted by molar-refractivity contribution is 1.06. The predicted octanol–water partition coefficient (Wildman–Crippen LogP) is 9.48. The third kappa shape index (κ3) is 3.78. The Hall–Kier alpha value is -4.86. The van der Waals surface area contributed by atoms with E-state index in [0.29, 0.717) is 0 Å². The van der Waals surface area contributed by atoms with Crippen molar-refractivity contribution < 1.29 is 0 Å². The maximum absolute atomic E-state index is 13.9. The Morgan fingerprint density at radius 2 is 0.850 bits per heavy atom. The van der Waals surface area contributed by atoms with Crippen LogP contribution in [0.15, 0.2) is 188 Å². The SMILES string of the molecule is O=c1c2ccccc2c2cc(S(c3ccccc3)(c3ccccc3)c3ccccc3)ccc2n1-c1ccccc1. The van der Waals surface area contributed by atoms with Crippen molar-refractivity contribution in [1.82, 2.24) is 4.57 Å². The number of hydrogen-bond acceptors (Lipinski definition) is 1. The molecule has 0 atom stereocenters. The number of para-hydroxylation sites is 1. The van der Waals surface area contributed by atoms with Gasteiger partial charge in [-0.05, 0) is 78.2 Å². The second-order valence-corrected chi connectivity index (χ2v) is 12.9. The molecule has 0 saturated heterocycles. The highest BCUT2D eigenvalue weighted by Gasteiger charge is 2.33. The molecule has 0 bridgehead atoms. The Kier molecular flexibility index (Phi) is 6.07. The molecule has 0 aliphatic heterocycles. The maximum atomic E-state index is 13.9. The second kappa shape index (κ2) is 10.0. The summed E-state index contributed by atoms with van der Waals surface area (Å²) in [5, 5.41) is 2.76. The van der Waals surface area contributed by atoms with Crippen molar-refractivity contribution in [2.45, 2.75) is 19.6 Å². The second-order valence-electron chi connectivity index (χ2n) is 9.75. The summed E-state index contributed by atoms with van der Waals surface area (Å²) < 4.78 is 1.85. The monoisotopic (exact) mass is 533 g/mol. The minimum absolute atomic E-state index is 0.00478. The van der Waals surface area contributed by atoms with Crippen molar-refractivity contribution in [1.29, 1.82) is 0 Å². The molecule has 0 aliphatic rings. The summed E-state index contributed by atoms with van der Waals surface area (Å²) in [4.78, 5) is 18.9. The first-order valence-electron chi connectivity index (χ1n) is 13.4. The lowest BCUT2D eigenvalue weighted by Gasteiger charge is -2.42. The Morgan fingerprint density at radius 3 is 1.38 bits per heavy atom. The van der Waals surface area contributed by atoms with Gasteiger partial charge in [-0.2, -0.15) is 0 Å². The van der Waals surface area contributed by atoms with E-state index in [1.165, 1.54) is 19.6 Å². The molecule has 7 rings (SSSR count). The molecule has 7 aromatic rings. The molecular weight excluding hydrogens is 506 g/mol. The summed E-state index contributed by atoms with van der Waals surface area (Å²) in [6.07, 6.45) is 0. The third-order valence-corrected chi connectivity index (χ3v) is 11.4. The van der Waals surface area contributed by atoms with Gasteiger partial charge in [0, 0.05) is 36.0 Å². The highest BCUT2D eigenvalue weighted by Crippen LogP contribution is 2.73. The summed E-state index contributed by atoms with van der Waals surface area (Å²) in [6.45, 7) is 0. The molecule has 1 heterocycles. The van der Waals surface area contributed by atoms with Crippen molar-refractivity contribution >= 4 is 31.7 Å². The van der Waals surface area contributed by atoms with Crippen LogP contribution < -0.4 is 5.56 Å². The van der Waals surface area contributed by atoms with Crippen molar-refractivity contribution in [2.75, 3.05) is 0 Å². The number of aromatic nitrogens is 1. The van der Waals surface area contributed by atoms with Crippen LogP contribution in [0.2, 0.25) is 0 Å². The lowest BCUT2D eigenvalue weighted by Crippen LogP contribution is -2.19. The first-order chi connectivity index (χ1) is 19.8. The van der Waals surface area contributed by atoms with E-state index in [1.54, 1.807) is 0 Å². The molecule has 3 heteroatoms. The number of rotatable bonds is 5. The van der Waals surface area contributed by atoms with Crippen LogP contribution in [0.1, 0.15) is 0 Å². The fourth-order valence-corrected chi connectivity index (χ4v) is 9.67. The average Bonchev–Trinajstić information content (AvgIpc) is 3.04.